The van der Waals surface area contributed by atoms with Crippen LogP contribution in [0.5, 0.6) is 0 Å². The topological polar surface area (TPSA) is 62.4 Å². The quantitative estimate of drug-likeness (QED) is 0.272. The molecule has 11 heavy (non-hydrogen) atoms. The molecular formula is C3H5Cl3N4S. The normalized spacial score (nSPS) is 31.3. The van der Waals surface area contributed by atoms with Gasteiger partial charge in [0.2, 0.25) is 9.58 Å². The summed E-state index contributed by atoms with van der Waals surface area (Å²) in [6.45, 7) is 0. The number of halogens is 3. The van der Waals surface area contributed by atoms with Crippen molar-refractivity contribution in [3.63, 3.8) is 0 Å². The van der Waals surface area contributed by atoms with Gasteiger partial charge in [0.15, 0.2) is 0 Å². The van der Waals surface area contributed by atoms with Crippen LogP contribution in [0.25, 0.3) is 0 Å². The molecule has 0 fully saturated rings. The molecule has 0 aromatic rings. The number of alkyl halides is 3. The lowest BCUT2D eigenvalue weighted by molar-refractivity contribution is 0.343. The van der Waals surface area contributed by atoms with Crippen LogP contribution in [-0.4, -0.2) is 15.1 Å². The van der Waals surface area contributed by atoms with Crippen molar-refractivity contribution in [2.45, 2.75) is 9.58 Å². The molecule has 1 aliphatic rings. The Morgan fingerprint density at radius 2 is 2.27 bits per heavy atom. The maximum atomic E-state index is 5.60. The monoisotopic (exact) mass is 234 g/mol. The van der Waals surface area contributed by atoms with E-state index in [0.29, 0.717) is 0 Å². The van der Waals surface area contributed by atoms with Crippen LogP contribution in [0, 0.1) is 0 Å². The van der Waals surface area contributed by atoms with Crippen molar-refractivity contribution in [1.82, 2.24) is 10.1 Å². The Morgan fingerprint density at radius 3 is 2.45 bits per heavy atom. The molecule has 1 rings (SSSR count). The van der Waals surface area contributed by atoms with E-state index in [1.165, 1.54) is 17.5 Å². The standard InChI is InChI=1S/C3H5Cl3N4S/c4-2(5,6)3(9-7)8-1-11-10-3/h1,9-10H,7H2. The molecule has 0 aliphatic carbocycles. The van der Waals surface area contributed by atoms with Gasteiger partial charge in [-0.3, -0.25) is 5.84 Å². The van der Waals surface area contributed by atoms with Crippen LogP contribution in [0.4, 0.5) is 0 Å². The van der Waals surface area contributed by atoms with Crippen molar-refractivity contribution < 1.29 is 0 Å². The zero-order valence-electron chi connectivity index (χ0n) is 5.14. The summed E-state index contributed by atoms with van der Waals surface area (Å²) in [5, 5.41) is 0. The van der Waals surface area contributed by atoms with E-state index in [9.17, 15) is 0 Å². The first kappa shape index (κ1) is 9.85. The van der Waals surface area contributed by atoms with Crippen LogP contribution >= 0.6 is 46.8 Å². The molecule has 4 nitrogen and oxygen atoms in total. The van der Waals surface area contributed by atoms with Gasteiger partial charge in [0.25, 0.3) is 0 Å². The van der Waals surface area contributed by atoms with Gasteiger partial charge in [0.1, 0.15) is 0 Å². The Labute approximate surface area is 82.9 Å². The number of hydrogen-bond acceptors (Lipinski definition) is 5. The molecule has 8 heteroatoms. The van der Waals surface area contributed by atoms with Crippen LogP contribution < -0.4 is 16.0 Å². The zero-order valence-corrected chi connectivity index (χ0v) is 8.23. The van der Waals surface area contributed by atoms with E-state index in [-0.39, 0.29) is 0 Å². The van der Waals surface area contributed by atoms with E-state index in [4.69, 9.17) is 40.6 Å². The van der Waals surface area contributed by atoms with Gasteiger partial charge in [-0.15, -0.1) is 0 Å². The smallest absolute Gasteiger partial charge is 0.244 e. The summed E-state index contributed by atoms with van der Waals surface area (Å²) >= 11 is 18.0. The average molecular weight is 236 g/mol. The molecule has 0 amide bonds. The number of rotatable bonds is 1. The average Bonchev–Trinajstić information content (AvgIpc) is 2.33. The third-order valence-electron chi connectivity index (χ3n) is 1.12. The minimum Gasteiger partial charge on any atom is -0.268 e. The predicted molar refractivity (Wildman–Crippen MR) is 49.6 cm³/mol. The van der Waals surface area contributed by atoms with Gasteiger partial charge in [0, 0.05) is 0 Å². The second-order valence-electron chi connectivity index (χ2n) is 1.81. The Balaban J connectivity index is 2.84. The molecule has 0 saturated heterocycles. The highest BCUT2D eigenvalue weighted by atomic mass is 35.6. The third kappa shape index (κ3) is 1.75. The second-order valence-corrected chi connectivity index (χ2v) is 4.74. The molecule has 0 bridgehead atoms. The Morgan fingerprint density at radius 1 is 1.64 bits per heavy atom. The number of aliphatic imine (C=N–C) groups is 1. The first-order valence-electron chi connectivity index (χ1n) is 2.53. The molecule has 0 radical (unpaired) electrons. The first-order chi connectivity index (χ1) is 5.02. The van der Waals surface area contributed by atoms with Crippen molar-refractivity contribution in [2.75, 3.05) is 0 Å². The summed E-state index contributed by atoms with van der Waals surface area (Å²) in [5.74, 6) is 3.94. The minimum absolute atomic E-state index is 1.19. The molecule has 4 N–H and O–H groups in total. The van der Waals surface area contributed by atoms with Crippen molar-refractivity contribution in [2.24, 2.45) is 10.8 Å². The number of hydrogen-bond donors (Lipinski definition) is 3. The van der Waals surface area contributed by atoms with Gasteiger partial charge >= 0.3 is 0 Å². The SMILES string of the molecule is NNC1(C(Cl)(Cl)Cl)N=CSN1. The number of hydrazine groups is 1. The Bertz CT molecular complexity index is 180. The largest absolute Gasteiger partial charge is 0.268 e. The highest BCUT2D eigenvalue weighted by Crippen LogP contribution is 2.39. The van der Waals surface area contributed by atoms with Crippen LogP contribution in [0.3, 0.4) is 0 Å². The summed E-state index contributed by atoms with van der Waals surface area (Å²) in [6.07, 6.45) is 0. The highest BCUT2D eigenvalue weighted by Gasteiger charge is 2.50. The first-order valence-corrected chi connectivity index (χ1v) is 4.54. The van der Waals surface area contributed by atoms with Crippen LogP contribution in [-0.2, 0) is 0 Å². The summed E-state index contributed by atoms with van der Waals surface area (Å²) in [5.41, 5.74) is 3.79. The lowest BCUT2D eigenvalue weighted by Crippen LogP contribution is -2.62. The zero-order chi connectivity index (χ0) is 8.54. The van der Waals surface area contributed by atoms with E-state index >= 15 is 0 Å². The van der Waals surface area contributed by atoms with E-state index in [1.54, 1.807) is 0 Å². The van der Waals surface area contributed by atoms with Crippen LogP contribution in [0.2, 0.25) is 0 Å². The second kappa shape index (κ2) is 3.26. The molecule has 1 atom stereocenters. The van der Waals surface area contributed by atoms with E-state index in [2.05, 4.69) is 15.1 Å². The van der Waals surface area contributed by atoms with Crippen molar-refractivity contribution in [3.05, 3.63) is 0 Å². The predicted octanol–water partition coefficient (Wildman–Crippen LogP) is 0.753. The van der Waals surface area contributed by atoms with E-state index in [1.807, 2.05) is 0 Å². The minimum atomic E-state index is -1.62. The van der Waals surface area contributed by atoms with Gasteiger partial charge in [-0.05, 0) is 11.9 Å². The lowest BCUT2D eigenvalue weighted by atomic mass is 10.4. The molecule has 64 valence electrons. The van der Waals surface area contributed by atoms with Crippen LogP contribution in [0.15, 0.2) is 4.99 Å². The fourth-order valence-corrected chi connectivity index (χ4v) is 1.84. The Kier molecular flexibility index (Phi) is 2.92. The number of nitrogens with zero attached hydrogens (tertiary/aromatic N) is 1. The summed E-state index contributed by atoms with van der Waals surface area (Å²) in [4.78, 5) is 3.85. The summed E-state index contributed by atoms with van der Waals surface area (Å²) in [6, 6.07) is 0. The van der Waals surface area contributed by atoms with Crippen molar-refractivity contribution >= 4 is 52.3 Å². The van der Waals surface area contributed by atoms with Crippen molar-refractivity contribution in [1.29, 1.82) is 0 Å². The molecular weight excluding hydrogens is 230 g/mol. The molecule has 0 aromatic heterocycles. The molecule has 0 aromatic carbocycles. The molecule has 0 spiro atoms. The maximum absolute atomic E-state index is 5.60. The molecule has 1 heterocycles. The Hall–Kier alpha value is 0.770. The third-order valence-corrected chi connectivity index (χ3v) is 2.57. The van der Waals surface area contributed by atoms with E-state index < -0.39 is 9.58 Å². The molecule has 0 saturated carbocycles. The summed E-state index contributed by atoms with van der Waals surface area (Å²) < 4.78 is 1.10. The fraction of sp³-hybridized carbons (Fsp3) is 0.667. The van der Waals surface area contributed by atoms with Gasteiger partial charge in [-0.25, -0.2) is 15.1 Å². The maximum Gasteiger partial charge on any atom is 0.244 e. The van der Waals surface area contributed by atoms with Gasteiger partial charge in [0.05, 0.1) is 5.55 Å². The number of nitrogens with one attached hydrogen (secondary N) is 2. The lowest BCUT2D eigenvalue weighted by Gasteiger charge is -2.31. The van der Waals surface area contributed by atoms with E-state index in [0.717, 1.165) is 0 Å². The highest BCUT2D eigenvalue weighted by molar-refractivity contribution is 8.10. The van der Waals surface area contributed by atoms with Crippen LogP contribution in [0.1, 0.15) is 0 Å². The van der Waals surface area contributed by atoms with Gasteiger partial charge in [-0.1, -0.05) is 34.8 Å². The van der Waals surface area contributed by atoms with Gasteiger partial charge < -0.3 is 0 Å². The summed E-state index contributed by atoms with van der Waals surface area (Å²) in [7, 11) is 0. The number of nitrogens with two attached hydrogens (primary N) is 1. The van der Waals surface area contributed by atoms with Crippen molar-refractivity contribution in [3.8, 4) is 0 Å². The molecule has 1 aliphatic heterocycles. The molecule has 1 unspecified atom stereocenters. The fourth-order valence-electron chi connectivity index (χ4n) is 0.523. The van der Waals surface area contributed by atoms with Gasteiger partial charge in [-0.2, -0.15) is 0 Å².